The average Bonchev–Trinajstić information content (AvgIpc) is 2.67. The molecule has 1 aliphatic heterocycles. The van der Waals surface area contributed by atoms with Gasteiger partial charge in [-0.3, -0.25) is 0 Å². The van der Waals surface area contributed by atoms with Crippen molar-refractivity contribution in [3.8, 4) is 11.9 Å². The maximum atomic E-state index is 13.9. The molecule has 0 unspecified atom stereocenters. The van der Waals surface area contributed by atoms with E-state index in [1.807, 2.05) is 18.2 Å². The van der Waals surface area contributed by atoms with Crippen LogP contribution < -0.4 is 9.64 Å². The highest BCUT2D eigenvalue weighted by Gasteiger charge is 2.16. The van der Waals surface area contributed by atoms with E-state index in [0.717, 1.165) is 11.4 Å². The molecule has 2 heterocycles. The number of nitrogens with zero attached hydrogens (tertiary/aromatic N) is 3. The minimum Gasteiger partial charge on any atom is -0.478 e. The molecule has 6 nitrogen and oxygen atoms in total. The topological polar surface area (TPSA) is 86.5 Å². The highest BCUT2D eigenvalue weighted by molar-refractivity contribution is 5.80. The molecule has 1 saturated heterocycles. The molecule has 0 bridgehead atoms. The highest BCUT2D eigenvalue weighted by atomic mass is 19.1. The minimum atomic E-state index is -0.915. The molecule has 0 radical (unpaired) electrons. The zero-order valence-electron chi connectivity index (χ0n) is 14.6. The smallest absolute Gasteiger partial charge is 0.328 e. The van der Waals surface area contributed by atoms with Crippen LogP contribution in [-0.4, -0.2) is 29.1 Å². The van der Waals surface area contributed by atoms with E-state index in [4.69, 9.17) is 15.1 Å². The summed E-state index contributed by atoms with van der Waals surface area (Å²) in [5, 5.41) is 17.6. The molecule has 0 saturated carbocycles. The van der Waals surface area contributed by atoms with Crippen LogP contribution in [0.3, 0.4) is 0 Å². The Morgan fingerprint density at radius 2 is 2.11 bits per heavy atom. The van der Waals surface area contributed by atoms with Crippen molar-refractivity contribution < 1.29 is 19.0 Å². The fraction of sp³-hybridized carbons (Fsp3) is 0.250. The van der Waals surface area contributed by atoms with Gasteiger partial charge in [0.2, 0.25) is 5.88 Å². The van der Waals surface area contributed by atoms with E-state index in [-0.39, 0.29) is 12.2 Å². The number of pyridine rings is 1. The van der Waals surface area contributed by atoms with Gasteiger partial charge >= 0.3 is 5.97 Å². The van der Waals surface area contributed by atoms with Crippen LogP contribution in [0.1, 0.15) is 24.0 Å². The number of nitriles is 1. The molecular formula is C20H18FN3O3. The number of aromatic nitrogens is 1. The summed E-state index contributed by atoms with van der Waals surface area (Å²) >= 11 is 0. The second-order valence-electron chi connectivity index (χ2n) is 6.17. The number of carbonyl (C=O) groups is 1. The van der Waals surface area contributed by atoms with Gasteiger partial charge in [-0.2, -0.15) is 10.2 Å². The highest BCUT2D eigenvalue weighted by Crippen LogP contribution is 2.23. The SMILES string of the molecule is N#Cc1ccc(COc2cccc(N3CCC(=CC(=O)O)CC3)n2)c(F)c1. The van der Waals surface area contributed by atoms with Gasteiger partial charge in [0, 0.05) is 30.8 Å². The summed E-state index contributed by atoms with van der Waals surface area (Å²) in [4.78, 5) is 17.3. The number of rotatable bonds is 5. The van der Waals surface area contributed by atoms with Gasteiger partial charge in [0.1, 0.15) is 18.2 Å². The normalized spacial score (nSPS) is 13.8. The first-order chi connectivity index (χ1) is 13.0. The molecule has 1 N–H and O–H groups in total. The van der Waals surface area contributed by atoms with Gasteiger partial charge in [0.25, 0.3) is 0 Å². The number of aliphatic carboxylic acids is 1. The second-order valence-corrected chi connectivity index (χ2v) is 6.17. The largest absolute Gasteiger partial charge is 0.478 e. The zero-order chi connectivity index (χ0) is 19.2. The minimum absolute atomic E-state index is 0.0134. The zero-order valence-corrected chi connectivity index (χ0v) is 14.6. The van der Waals surface area contributed by atoms with Crippen molar-refractivity contribution in [3.05, 3.63) is 65.0 Å². The van der Waals surface area contributed by atoms with Crippen molar-refractivity contribution in [1.29, 1.82) is 5.26 Å². The molecule has 7 heteroatoms. The average molecular weight is 367 g/mol. The second kappa shape index (κ2) is 8.32. The number of carboxylic acids is 1. The Balaban J connectivity index is 1.63. The summed E-state index contributed by atoms with van der Waals surface area (Å²) < 4.78 is 19.5. The predicted molar refractivity (Wildman–Crippen MR) is 96.8 cm³/mol. The lowest BCUT2D eigenvalue weighted by molar-refractivity contribution is -0.131. The van der Waals surface area contributed by atoms with Gasteiger partial charge in [-0.05, 0) is 31.0 Å². The number of carboxylic acid groups (broad SMARTS) is 1. The monoisotopic (exact) mass is 367 g/mol. The predicted octanol–water partition coefficient (Wildman–Crippen LogP) is 3.28. The standard InChI is InChI=1S/C20H18FN3O3/c21-17-10-15(12-22)4-5-16(17)13-27-19-3-1-2-18(23-19)24-8-6-14(7-9-24)11-20(25)26/h1-5,10-11H,6-9,13H2,(H,25,26). The van der Waals surface area contributed by atoms with Gasteiger partial charge in [0.05, 0.1) is 11.6 Å². The third-order valence-electron chi connectivity index (χ3n) is 4.32. The Labute approximate surface area is 156 Å². The van der Waals surface area contributed by atoms with Crippen LogP contribution >= 0.6 is 0 Å². The van der Waals surface area contributed by atoms with Crippen LogP contribution in [0.4, 0.5) is 10.2 Å². The van der Waals surface area contributed by atoms with Gasteiger partial charge in [-0.25, -0.2) is 9.18 Å². The van der Waals surface area contributed by atoms with Gasteiger partial charge in [0.15, 0.2) is 0 Å². The summed E-state index contributed by atoms with van der Waals surface area (Å²) in [6.07, 6.45) is 2.63. The first kappa shape index (κ1) is 18.4. The molecule has 1 aromatic heterocycles. The Hall–Kier alpha value is -3.40. The fourth-order valence-corrected chi connectivity index (χ4v) is 2.89. The Morgan fingerprint density at radius 3 is 2.78 bits per heavy atom. The number of halogens is 1. The van der Waals surface area contributed by atoms with Crippen molar-refractivity contribution in [1.82, 2.24) is 4.98 Å². The number of piperidine rings is 1. The Kier molecular flexibility index (Phi) is 5.67. The van der Waals surface area contributed by atoms with Crippen LogP contribution in [-0.2, 0) is 11.4 Å². The number of benzene rings is 1. The molecule has 3 rings (SSSR count). The summed E-state index contributed by atoms with van der Waals surface area (Å²) in [6, 6.07) is 11.5. The Morgan fingerprint density at radius 1 is 1.33 bits per heavy atom. The molecule has 0 amide bonds. The van der Waals surface area contributed by atoms with Crippen molar-refractivity contribution in [2.45, 2.75) is 19.4 Å². The van der Waals surface area contributed by atoms with Gasteiger partial charge in [-0.1, -0.05) is 17.7 Å². The van der Waals surface area contributed by atoms with Crippen molar-refractivity contribution in [2.24, 2.45) is 0 Å². The molecule has 0 aliphatic carbocycles. The number of hydrogen-bond acceptors (Lipinski definition) is 5. The van der Waals surface area contributed by atoms with Gasteiger partial charge < -0.3 is 14.7 Å². The molecule has 0 atom stereocenters. The summed E-state index contributed by atoms with van der Waals surface area (Å²) in [5.41, 5.74) is 1.53. The van der Waals surface area contributed by atoms with E-state index in [1.54, 1.807) is 12.1 Å². The molecule has 1 fully saturated rings. The Bertz CT molecular complexity index is 911. The van der Waals surface area contributed by atoms with Crippen LogP contribution in [0.15, 0.2) is 48.0 Å². The molecular weight excluding hydrogens is 349 g/mol. The lowest BCUT2D eigenvalue weighted by Gasteiger charge is -2.29. The summed E-state index contributed by atoms with van der Waals surface area (Å²) in [5.74, 6) is -0.286. The first-order valence-corrected chi connectivity index (χ1v) is 8.51. The number of anilines is 1. The van der Waals surface area contributed by atoms with Crippen LogP contribution in [0.5, 0.6) is 5.88 Å². The molecule has 2 aromatic rings. The van der Waals surface area contributed by atoms with E-state index < -0.39 is 11.8 Å². The number of hydrogen-bond donors (Lipinski definition) is 1. The molecule has 138 valence electrons. The van der Waals surface area contributed by atoms with Crippen molar-refractivity contribution in [2.75, 3.05) is 18.0 Å². The molecule has 1 aromatic carbocycles. The molecule has 0 spiro atoms. The lowest BCUT2D eigenvalue weighted by atomic mass is 10.0. The third-order valence-corrected chi connectivity index (χ3v) is 4.32. The fourth-order valence-electron chi connectivity index (χ4n) is 2.89. The van der Waals surface area contributed by atoms with Crippen LogP contribution in [0, 0.1) is 17.1 Å². The van der Waals surface area contributed by atoms with E-state index in [2.05, 4.69) is 9.88 Å². The number of ether oxygens (including phenoxy) is 1. The van der Waals surface area contributed by atoms with E-state index >= 15 is 0 Å². The maximum Gasteiger partial charge on any atom is 0.328 e. The van der Waals surface area contributed by atoms with Crippen LogP contribution in [0.2, 0.25) is 0 Å². The lowest BCUT2D eigenvalue weighted by Crippen LogP contribution is -2.31. The third kappa shape index (κ3) is 4.82. The molecule has 27 heavy (non-hydrogen) atoms. The summed E-state index contributed by atoms with van der Waals surface area (Å²) in [7, 11) is 0. The van der Waals surface area contributed by atoms with Crippen molar-refractivity contribution >= 4 is 11.8 Å². The van der Waals surface area contributed by atoms with Crippen LogP contribution in [0.25, 0.3) is 0 Å². The first-order valence-electron chi connectivity index (χ1n) is 8.51. The van der Waals surface area contributed by atoms with Crippen molar-refractivity contribution in [3.63, 3.8) is 0 Å². The van der Waals surface area contributed by atoms with Gasteiger partial charge in [-0.15, -0.1) is 0 Å². The molecule has 1 aliphatic rings. The van der Waals surface area contributed by atoms with E-state index in [9.17, 15) is 9.18 Å². The summed E-state index contributed by atoms with van der Waals surface area (Å²) in [6.45, 7) is 1.37. The van der Waals surface area contributed by atoms with E-state index in [0.29, 0.717) is 37.4 Å². The maximum absolute atomic E-state index is 13.9. The van der Waals surface area contributed by atoms with E-state index in [1.165, 1.54) is 18.2 Å². The quantitative estimate of drug-likeness (QED) is 0.816.